The van der Waals surface area contributed by atoms with Gasteiger partial charge < -0.3 is 5.32 Å². The van der Waals surface area contributed by atoms with Crippen molar-refractivity contribution in [1.82, 2.24) is 5.32 Å². The summed E-state index contributed by atoms with van der Waals surface area (Å²) in [5.41, 5.74) is 1.57. The summed E-state index contributed by atoms with van der Waals surface area (Å²) < 4.78 is 40.1. The summed E-state index contributed by atoms with van der Waals surface area (Å²) in [6.07, 6.45) is 0. The molecule has 0 radical (unpaired) electrons. The molecule has 1 heterocycles. The number of carbonyl (C=O) groups excluding carboxylic acids is 1. The standard InChI is InChI=1S/C21H20FNO3S2/c1-14-6-3-4-7-17(14)21(24)23-13-20(19-8-5-11-27-19)28(25,26)16-9-10-18(22)15(2)12-16/h3-12,20H,13H2,1-2H3,(H,23,24)/t20-/m1/s1. The summed E-state index contributed by atoms with van der Waals surface area (Å²) in [6, 6.07) is 14.4. The molecule has 4 nitrogen and oxygen atoms in total. The summed E-state index contributed by atoms with van der Waals surface area (Å²) >= 11 is 1.31. The fourth-order valence-corrected chi connectivity index (χ4v) is 5.77. The average molecular weight is 418 g/mol. The molecule has 3 rings (SSSR count). The monoisotopic (exact) mass is 417 g/mol. The molecule has 0 fully saturated rings. The van der Waals surface area contributed by atoms with Crippen LogP contribution in [0, 0.1) is 19.7 Å². The number of rotatable bonds is 6. The molecule has 0 bridgehead atoms. The molecule has 0 saturated carbocycles. The van der Waals surface area contributed by atoms with Gasteiger partial charge in [0, 0.05) is 17.0 Å². The minimum Gasteiger partial charge on any atom is -0.350 e. The van der Waals surface area contributed by atoms with E-state index in [1.54, 1.807) is 29.6 Å². The Labute approximate surface area is 168 Å². The Morgan fingerprint density at radius 3 is 2.46 bits per heavy atom. The van der Waals surface area contributed by atoms with Gasteiger partial charge in [-0.05, 0) is 60.7 Å². The Hall–Kier alpha value is -2.51. The molecule has 0 aliphatic heterocycles. The summed E-state index contributed by atoms with van der Waals surface area (Å²) in [6.45, 7) is 3.27. The van der Waals surface area contributed by atoms with Gasteiger partial charge in [-0.25, -0.2) is 12.8 Å². The maximum absolute atomic E-state index is 13.6. The minimum atomic E-state index is -3.82. The highest BCUT2D eigenvalue weighted by Gasteiger charge is 2.31. The largest absolute Gasteiger partial charge is 0.350 e. The van der Waals surface area contributed by atoms with Crippen molar-refractivity contribution < 1.29 is 17.6 Å². The highest BCUT2D eigenvalue weighted by Crippen LogP contribution is 2.32. The number of hydrogen-bond acceptors (Lipinski definition) is 4. The number of thiophene rings is 1. The van der Waals surface area contributed by atoms with Crippen LogP contribution in [-0.2, 0) is 9.84 Å². The van der Waals surface area contributed by atoms with Crippen LogP contribution in [0.5, 0.6) is 0 Å². The molecule has 28 heavy (non-hydrogen) atoms. The van der Waals surface area contributed by atoms with Gasteiger partial charge in [0.2, 0.25) is 0 Å². The third kappa shape index (κ3) is 4.15. The lowest BCUT2D eigenvalue weighted by molar-refractivity contribution is 0.0953. The molecule has 7 heteroatoms. The number of amides is 1. The molecule has 3 aromatic rings. The fraction of sp³-hybridized carbons (Fsp3) is 0.190. The fourth-order valence-electron chi connectivity index (χ4n) is 2.90. The van der Waals surface area contributed by atoms with E-state index in [0.717, 1.165) is 11.6 Å². The second-order valence-corrected chi connectivity index (χ2v) is 9.59. The van der Waals surface area contributed by atoms with Crippen molar-refractivity contribution in [2.24, 2.45) is 0 Å². The van der Waals surface area contributed by atoms with E-state index in [4.69, 9.17) is 0 Å². The van der Waals surface area contributed by atoms with Crippen LogP contribution in [-0.4, -0.2) is 20.9 Å². The van der Waals surface area contributed by atoms with Gasteiger partial charge in [0.15, 0.2) is 9.84 Å². The van der Waals surface area contributed by atoms with E-state index in [9.17, 15) is 17.6 Å². The van der Waals surface area contributed by atoms with E-state index >= 15 is 0 Å². The number of nitrogens with one attached hydrogen (secondary N) is 1. The molecular formula is C21H20FNO3S2. The molecule has 0 spiro atoms. The summed E-state index contributed by atoms with van der Waals surface area (Å²) in [5.74, 6) is -0.787. The zero-order valence-electron chi connectivity index (χ0n) is 15.5. The lowest BCUT2D eigenvalue weighted by atomic mass is 10.1. The van der Waals surface area contributed by atoms with Crippen molar-refractivity contribution in [3.63, 3.8) is 0 Å². The lowest BCUT2D eigenvalue weighted by Gasteiger charge is -2.18. The number of carbonyl (C=O) groups is 1. The average Bonchev–Trinajstić information content (AvgIpc) is 3.18. The van der Waals surface area contributed by atoms with Crippen LogP contribution in [0.2, 0.25) is 0 Å². The van der Waals surface area contributed by atoms with Crippen LogP contribution < -0.4 is 5.32 Å². The number of halogens is 1. The molecule has 2 aromatic carbocycles. The van der Waals surface area contributed by atoms with Crippen LogP contribution in [0.1, 0.15) is 31.6 Å². The Morgan fingerprint density at radius 1 is 1.07 bits per heavy atom. The number of sulfone groups is 1. The molecule has 0 saturated heterocycles. The second kappa shape index (κ2) is 8.24. The first kappa shape index (κ1) is 20.2. The van der Waals surface area contributed by atoms with Crippen LogP contribution in [0.4, 0.5) is 4.39 Å². The predicted molar refractivity (Wildman–Crippen MR) is 109 cm³/mol. The SMILES string of the molecule is Cc1cc(S(=O)(=O)[C@H](CNC(=O)c2ccccc2C)c2cccs2)ccc1F. The quantitative estimate of drug-likeness (QED) is 0.603. The second-order valence-electron chi connectivity index (χ2n) is 6.49. The zero-order chi connectivity index (χ0) is 20.3. The third-order valence-electron chi connectivity index (χ3n) is 4.53. The topological polar surface area (TPSA) is 63.2 Å². The Kier molecular flexibility index (Phi) is 5.96. The molecule has 1 aromatic heterocycles. The first-order valence-corrected chi connectivity index (χ1v) is 11.1. The Balaban J connectivity index is 1.91. The van der Waals surface area contributed by atoms with Crippen molar-refractivity contribution in [2.45, 2.75) is 24.0 Å². The smallest absolute Gasteiger partial charge is 0.251 e. The highest BCUT2D eigenvalue weighted by molar-refractivity contribution is 7.91. The van der Waals surface area contributed by atoms with Gasteiger partial charge in [0.1, 0.15) is 11.1 Å². The van der Waals surface area contributed by atoms with Gasteiger partial charge >= 0.3 is 0 Å². The van der Waals surface area contributed by atoms with E-state index in [1.807, 2.05) is 19.1 Å². The van der Waals surface area contributed by atoms with Crippen molar-refractivity contribution in [3.05, 3.63) is 87.4 Å². The van der Waals surface area contributed by atoms with Gasteiger partial charge in [-0.1, -0.05) is 24.3 Å². The highest BCUT2D eigenvalue weighted by atomic mass is 32.2. The predicted octanol–water partition coefficient (Wildman–Crippen LogP) is 4.45. The molecule has 1 amide bonds. The maximum atomic E-state index is 13.6. The van der Waals surface area contributed by atoms with E-state index in [-0.39, 0.29) is 22.9 Å². The van der Waals surface area contributed by atoms with Gasteiger partial charge in [-0.15, -0.1) is 11.3 Å². The molecule has 146 valence electrons. The number of aryl methyl sites for hydroxylation is 2. The van der Waals surface area contributed by atoms with E-state index < -0.39 is 20.9 Å². The molecule has 1 N–H and O–H groups in total. The van der Waals surface area contributed by atoms with E-state index in [0.29, 0.717) is 10.4 Å². The molecule has 0 aliphatic carbocycles. The van der Waals surface area contributed by atoms with Crippen LogP contribution in [0.25, 0.3) is 0 Å². The van der Waals surface area contributed by atoms with Gasteiger partial charge in [0.05, 0.1) is 4.90 Å². The Morgan fingerprint density at radius 2 is 1.82 bits per heavy atom. The van der Waals surface area contributed by atoms with Gasteiger partial charge in [-0.2, -0.15) is 0 Å². The van der Waals surface area contributed by atoms with E-state index in [1.165, 1.54) is 30.4 Å². The maximum Gasteiger partial charge on any atom is 0.251 e. The summed E-state index contributed by atoms with van der Waals surface area (Å²) in [5, 5.41) is 3.58. The summed E-state index contributed by atoms with van der Waals surface area (Å²) in [4.78, 5) is 13.2. The minimum absolute atomic E-state index is 0.0370. The van der Waals surface area contributed by atoms with Crippen LogP contribution in [0.15, 0.2) is 64.9 Å². The van der Waals surface area contributed by atoms with Gasteiger partial charge in [0.25, 0.3) is 5.91 Å². The molecule has 0 aliphatic rings. The molecule has 0 unspecified atom stereocenters. The van der Waals surface area contributed by atoms with E-state index in [2.05, 4.69) is 5.32 Å². The summed E-state index contributed by atoms with van der Waals surface area (Å²) in [7, 11) is -3.82. The molecular weight excluding hydrogens is 397 g/mol. The van der Waals surface area contributed by atoms with Crippen molar-refractivity contribution >= 4 is 27.1 Å². The third-order valence-corrected chi connectivity index (χ3v) is 7.75. The van der Waals surface area contributed by atoms with Crippen LogP contribution in [0.3, 0.4) is 0 Å². The first-order valence-electron chi connectivity index (χ1n) is 8.68. The first-order chi connectivity index (χ1) is 13.3. The van der Waals surface area contributed by atoms with Crippen molar-refractivity contribution in [1.29, 1.82) is 0 Å². The van der Waals surface area contributed by atoms with Crippen LogP contribution >= 0.6 is 11.3 Å². The lowest BCUT2D eigenvalue weighted by Crippen LogP contribution is -2.32. The number of benzene rings is 2. The van der Waals surface area contributed by atoms with Crippen molar-refractivity contribution in [3.8, 4) is 0 Å². The normalized spacial score (nSPS) is 12.5. The Bertz CT molecular complexity index is 1090. The van der Waals surface area contributed by atoms with Crippen molar-refractivity contribution in [2.75, 3.05) is 6.54 Å². The molecule has 1 atom stereocenters. The number of hydrogen-bond donors (Lipinski definition) is 1. The zero-order valence-corrected chi connectivity index (χ0v) is 17.1. The van der Waals surface area contributed by atoms with Gasteiger partial charge in [-0.3, -0.25) is 4.79 Å².